The number of rotatable bonds is 8. The molecule has 0 aliphatic rings. The fourth-order valence-corrected chi connectivity index (χ4v) is 9.72. The van der Waals surface area contributed by atoms with Crippen molar-refractivity contribution in [3.05, 3.63) is 236 Å². The van der Waals surface area contributed by atoms with E-state index < -0.39 is 60.4 Å². The van der Waals surface area contributed by atoms with Gasteiger partial charge in [0, 0.05) is 51.8 Å². The Morgan fingerprint density at radius 1 is 0.500 bits per heavy atom. The molecule has 0 radical (unpaired) electrons. The van der Waals surface area contributed by atoms with Gasteiger partial charge in [-0.2, -0.15) is 0 Å². The fraction of sp³-hybridized carbons (Fsp3) is 0.0635. The molecule has 0 aliphatic heterocycles. The highest BCUT2D eigenvalue weighted by atomic mass is 16.5. The number of ether oxygens (including phenoxy) is 1. The highest BCUT2D eigenvalue weighted by Gasteiger charge is 2.22. The van der Waals surface area contributed by atoms with E-state index in [4.69, 9.17) is 28.4 Å². The summed E-state index contributed by atoms with van der Waals surface area (Å²) in [7, 11) is 0. The Labute approximate surface area is 419 Å². The van der Waals surface area contributed by atoms with Crippen molar-refractivity contribution in [2.75, 3.05) is 0 Å². The van der Waals surface area contributed by atoms with Crippen molar-refractivity contribution in [3.63, 3.8) is 0 Å². The van der Waals surface area contributed by atoms with Crippen LogP contribution in [0.15, 0.2) is 224 Å². The van der Waals surface area contributed by atoms with Crippen molar-refractivity contribution in [1.82, 2.24) is 23.7 Å². The first kappa shape index (κ1) is 31.8. The predicted molar refractivity (Wildman–Crippen MR) is 284 cm³/mol. The maximum absolute atomic E-state index is 9.06. The van der Waals surface area contributed by atoms with Crippen molar-refractivity contribution in [1.29, 1.82) is 0 Å². The number of aromatic nitrogens is 6. The molecule has 7 heteroatoms. The van der Waals surface area contributed by atoms with E-state index in [1.807, 2.05) is 30.5 Å². The number of nitrogens with zero attached hydrogens (tertiary/aromatic N) is 6. The van der Waals surface area contributed by atoms with Crippen molar-refractivity contribution in [3.8, 4) is 56.8 Å². The molecule has 5 heterocycles. The molecule has 13 rings (SSSR count). The van der Waals surface area contributed by atoms with Gasteiger partial charge >= 0.3 is 0 Å². The average Bonchev–Trinajstić information content (AvgIpc) is 4.32. The van der Waals surface area contributed by atoms with E-state index in [1.165, 1.54) is 10.8 Å². The van der Waals surface area contributed by atoms with Gasteiger partial charge in [-0.15, -0.1) is 0 Å². The Morgan fingerprint density at radius 2 is 1.10 bits per heavy atom. The Morgan fingerprint density at radius 3 is 1.80 bits per heavy atom. The zero-order chi connectivity index (χ0) is 55.6. The number of benzene rings is 8. The summed E-state index contributed by atoms with van der Waals surface area (Å²) in [5.74, 6) is 2.12. The summed E-state index contributed by atoms with van der Waals surface area (Å²) in [6.07, 6.45) is 6.88. The van der Waals surface area contributed by atoms with Crippen molar-refractivity contribution in [2.45, 2.75) is 26.2 Å². The second kappa shape index (κ2) is 16.3. The van der Waals surface area contributed by atoms with Crippen LogP contribution in [0.4, 0.5) is 0 Å². The number of hydrogen-bond donors (Lipinski definition) is 0. The van der Waals surface area contributed by atoms with E-state index in [9.17, 15) is 0 Å². The van der Waals surface area contributed by atoms with Crippen molar-refractivity contribution in [2.24, 2.45) is 0 Å². The number of pyridine rings is 2. The topological polar surface area (TPSA) is 53.7 Å². The molecule has 8 aromatic carbocycles. The molecule has 0 N–H and O–H groups in total. The Bertz CT molecular complexity index is 4570. The molecule has 0 spiro atoms. The lowest BCUT2D eigenvalue weighted by Gasteiger charge is -2.20. The van der Waals surface area contributed by atoms with Crippen LogP contribution in [0.1, 0.15) is 40.0 Å². The first-order chi connectivity index (χ1) is 38.5. The summed E-state index contributed by atoms with van der Waals surface area (Å²) < 4.78 is 102. The van der Waals surface area contributed by atoms with Crippen molar-refractivity contribution < 1.29 is 23.0 Å². The average molecular weight is 913 g/mol. The number of hydrogen-bond acceptors (Lipinski definition) is 3. The van der Waals surface area contributed by atoms with Gasteiger partial charge in [0.2, 0.25) is 0 Å². The van der Waals surface area contributed by atoms with Gasteiger partial charge < -0.3 is 9.30 Å². The summed E-state index contributed by atoms with van der Waals surface area (Å²) in [5.41, 5.74) is 7.30. The van der Waals surface area contributed by atoms with Crippen LogP contribution in [0.5, 0.6) is 11.5 Å². The minimum absolute atomic E-state index is 0.136. The van der Waals surface area contributed by atoms with Crippen LogP contribution < -0.4 is 9.30 Å². The van der Waals surface area contributed by atoms with Crippen LogP contribution in [-0.2, 0) is 5.41 Å². The van der Waals surface area contributed by atoms with Crippen LogP contribution in [-0.4, -0.2) is 23.7 Å². The molecule has 0 atom stereocenters. The van der Waals surface area contributed by atoms with Gasteiger partial charge in [-0.25, -0.2) is 4.98 Å². The summed E-state index contributed by atoms with van der Waals surface area (Å²) in [4.78, 5) is 9.74. The van der Waals surface area contributed by atoms with Gasteiger partial charge in [-0.3, -0.25) is 18.7 Å². The van der Waals surface area contributed by atoms with E-state index in [0.717, 1.165) is 49.9 Å². The largest absolute Gasteiger partial charge is 0.458 e. The molecule has 7 nitrogen and oxygen atoms in total. The number of fused-ring (bicyclic) bond motifs is 7. The second-order valence-corrected chi connectivity index (χ2v) is 18.2. The van der Waals surface area contributed by atoms with Crippen molar-refractivity contribution >= 4 is 54.6 Å². The van der Waals surface area contributed by atoms with Gasteiger partial charge in [0.25, 0.3) is 6.33 Å². The first-order valence-corrected chi connectivity index (χ1v) is 22.9. The molecule has 0 unspecified atom stereocenters. The number of para-hydroxylation sites is 5. The summed E-state index contributed by atoms with van der Waals surface area (Å²) in [6, 6.07) is 43.9. The van der Waals surface area contributed by atoms with Crippen LogP contribution in [0.25, 0.3) is 99.9 Å². The van der Waals surface area contributed by atoms with E-state index in [-0.39, 0.29) is 33.4 Å². The maximum atomic E-state index is 9.06. The van der Waals surface area contributed by atoms with Gasteiger partial charge in [-0.05, 0) is 93.9 Å². The van der Waals surface area contributed by atoms with E-state index in [2.05, 4.69) is 121 Å². The SMILES string of the molecule is [2H]c1c([2H])c([2H])c(-c2cccc(-c3c([2H])c([2H])c([2H])c([2H])c3[2H])c2-[n+]2[c-]n(-c3cc(Oc4ccc5c6cc(-n7c8ccccc8c8ccccc87)ccc6n(-c6cc(C(C)(C)C)ccn6)c5c4)ccn3)c3ccccc32)c([2H])c1[2H]. The Kier molecular flexibility index (Phi) is 7.42. The van der Waals surface area contributed by atoms with Crippen LogP contribution in [0.3, 0.4) is 0 Å². The van der Waals surface area contributed by atoms with Crippen LogP contribution in [0, 0.1) is 6.33 Å². The molecular formula is C63H46N6O. The zero-order valence-electron chi connectivity index (χ0n) is 48.2. The zero-order valence-corrected chi connectivity index (χ0v) is 38.2. The molecule has 70 heavy (non-hydrogen) atoms. The molecule has 0 fully saturated rings. The van der Waals surface area contributed by atoms with Gasteiger partial charge in [0.05, 0.1) is 52.5 Å². The second-order valence-electron chi connectivity index (χ2n) is 18.2. The first-order valence-electron chi connectivity index (χ1n) is 27.9. The van der Waals surface area contributed by atoms with Gasteiger partial charge in [0.1, 0.15) is 17.3 Å². The summed E-state index contributed by atoms with van der Waals surface area (Å²) >= 11 is 0. The molecule has 0 bridgehead atoms. The molecule has 13 aromatic rings. The summed E-state index contributed by atoms with van der Waals surface area (Å²) in [6.45, 7) is 6.55. The van der Waals surface area contributed by atoms with E-state index >= 15 is 0 Å². The lowest BCUT2D eigenvalue weighted by Crippen LogP contribution is -2.31. The van der Waals surface area contributed by atoms with E-state index in [0.29, 0.717) is 28.4 Å². The lowest BCUT2D eigenvalue weighted by atomic mass is 9.88. The van der Waals surface area contributed by atoms with Gasteiger partial charge in [-0.1, -0.05) is 160 Å². The smallest absolute Gasteiger partial charge is 0.271 e. The minimum atomic E-state index is -0.577. The molecule has 0 saturated heterocycles. The third-order valence-electron chi connectivity index (χ3n) is 12.9. The normalized spacial score (nSPS) is 13.9. The highest BCUT2D eigenvalue weighted by molar-refractivity contribution is 6.12. The predicted octanol–water partition coefficient (Wildman–Crippen LogP) is 15.1. The molecule has 5 aromatic heterocycles. The Hall–Kier alpha value is -9.07. The third-order valence-corrected chi connectivity index (χ3v) is 12.9. The molecular weight excluding hydrogens is 857 g/mol. The molecule has 0 saturated carbocycles. The minimum Gasteiger partial charge on any atom is -0.458 e. The fourth-order valence-electron chi connectivity index (χ4n) is 9.72. The van der Waals surface area contributed by atoms with E-state index in [1.54, 1.807) is 57.8 Å². The van der Waals surface area contributed by atoms with Crippen LogP contribution >= 0.6 is 0 Å². The van der Waals surface area contributed by atoms with Crippen LogP contribution in [0.2, 0.25) is 0 Å². The number of imidazole rings is 1. The lowest BCUT2D eigenvalue weighted by molar-refractivity contribution is -0.571. The molecule has 334 valence electrons. The monoisotopic (exact) mass is 912 g/mol. The van der Waals surface area contributed by atoms with Gasteiger partial charge in [0.15, 0.2) is 5.82 Å². The highest BCUT2D eigenvalue weighted by Crippen LogP contribution is 2.40. The quantitative estimate of drug-likeness (QED) is 0.113. The molecule has 0 aliphatic carbocycles. The maximum Gasteiger partial charge on any atom is 0.271 e. The summed E-state index contributed by atoms with van der Waals surface area (Å²) in [5, 5.41) is 4.38. The third kappa shape index (κ3) is 6.85. The standard InChI is InChI=1S/C63H46N6O/c1-63(2,3)44-33-35-65-61(37-44)69-56-32-29-45(68-54-25-12-10-21-50(54)51-22-11-13-26-55(51)68)38-53(56)52-31-30-46(39-59(52)69)70-47-34-36-64-60(40-47)66-41-67(58-28-15-14-27-57(58)66)62-48(42-17-6-4-7-18-42)23-16-24-49(62)43-19-8-5-9-20-43/h4-40H,1-3H3/i4D,5D,6D,7D,8D,9D,17D,18D,19D,20D. The Balaban J connectivity index is 0.967. The molecule has 0 amide bonds.